The molecule has 1 fully saturated rings. The molecule has 1 amide bonds. The SMILES string of the molecule is CCNC(=NCC1CC(=O)N(CCc2ccccc2)C1)NCCc1ccccc1OCC.I. The van der Waals surface area contributed by atoms with Crippen LogP contribution in [0, 0.1) is 5.92 Å². The van der Waals surface area contributed by atoms with Gasteiger partial charge < -0.3 is 20.3 Å². The fourth-order valence-electron chi connectivity index (χ4n) is 3.99. The van der Waals surface area contributed by atoms with Gasteiger partial charge in [-0.05, 0) is 43.9 Å². The van der Waals surface area contributed by atoms with Crippen LogP contribution in [0.4, 0.5) is 0 Å². The van der Waals surface area contributed by atoms with E-state index in [0.717, 1.165) is 50.7 Å². The summed E-state index contributed by atoms with van der Waals surface area (Å²) < 4.78 is 5.71. The maximum absolute atomic E-state index is 12.4. The van der Waals surface area contributed by atoms with Crippen molar-refractivity contribution >= 4 is 35.8 Å². The predicted octanol–water partition coefficient (Wildman–Crippen LogP) is 3.89. The Morgan fingerprint density at radius 1 is 1.06 bits per heavy atom. The van der Waals surface area contributed by atoms with Gasteiger partial charge in [0.25, 0.3) is 0 Å². The maximum Gasteiger partial charge on any atom is 0.223 e. The minimum Gasteiger partial charge on any atom is -0.494 e. The standard InChI is InChI=1S/C26H36N4O2.HI/c1-3-27-26(28-16-14-23-12-8-9-13-24(23)32-4-2)29-19-22-18-25(31)30(20-22)17-15-21-10-6-5-7-11-21;/h5-13,22H,3-4,14-20H2,1-2H3,(H2,27,28,29);1H. The van der Waals surface area contributed by atoms with Crippen LogP contribution in [0.15, 0.2) is 59.6 Å². The topological polar surface area (TPSA) is 66.0 Å². The van der Waals surface area contributed by atoms with E-state index < -0.39 is 0 Å². The van der Waals surface area contributed by atoms with Crippen LogP contribution in [0.3, 0.4) is 0 Å². The van der Waals surface area contributed by atoms with Crippen LogP contribution in [0.2, 0.25) is 0 Å². The summed E-state index contributed by atoms with van der Waals surface area (Å²) in [5.41, 5.74) is 2.46. The number of halogens is 1. The summed E-state index contributed by atoms with van der Waals surface area (Å²) in [5, 5.41) is 6.73. The number of nitrogens with one attached hydrogen (secondary N) is 2. The number of rotatable bonds is 11. The molecular weight excluding hydrogens is 527 g/mol. The monoisotopic (exact) mass is 564 g/mol. The van der Waals surface area contributed by atoms with Gasteiger partial charge in [0.15, 0.2) is 5.96 Å². The lowest BCUT2D eigenvalue weighted by Crippen LogP contribution is -2.38. The van der Waals surface area contributed by atoms with E-state index in [9.17, 15) is 4.79 Å². The fourth-order valence-corrected chi connectivity index (χ4v) is 3.99. The van der Waals surface area contributed by atoms with Crippen LogP contribution < -0.4 is 15.4 Å². The molecule has 7 heteroatoms. The Morgan fingerprint density at radius 2 is 1.82 bits per heavy atom. The van der Waals surface area contributed by atoms with E-state index in [-0.39, 0.29) is 35.8 Å². The van der Waals surface area contributed by atoms with E-state index in [0.29, 0.717) is 19.6 Å². The zero-order valence-electron chi connectivity index (χ0n) is 19.8. The lowest BCUT2D eigenvalue weighted by Gasteiger charge is -2.17. The molecule has 33 heavy (non-hydrogen) atoms. The average Bonchev–Trinajstić information content (AvgIpc) is 3.17. The molecule has 0 spiro atoms. The van der Waals surface area contributed by atoms with Crippen LogP contribution in [0.1, 0.15) is 31.4 Å². The highest BCUT2D eigenvalue weighted by Gasteiger charge is 2.29. The Labute approximate surface area is 215 Å². The van der Waals surface area contributed by atoms with Gasteiger partial charge in [0.05, 0.1) is 6.61 Å². The highest BCUT2D eigenvalue weighted by molar-refractivity contribution is 14.0. The molecule has 1 heterocycles. The van der Waals surface area contributed by atoms with Gasteiger partial charge in [-0.15, -0.1) is 24.0 Å². The van der Waals surface area contributed by atoms with Crippen LogP contribution in [0.5, 0.6) is 5.75 Å². The molecule has 1 aliphatic heterocycles. The zero-order chi connectivity index (χ0) is 22.6. The van der Waals surface area contributed by atoms with Crippen molar-refractivity contribution in [3.8, 4) is 5.75 Å². The number of benzene rings is 2. The summed E-state index contributed by atoms with van der Waals surface area (Å²) in [7, 11) is 0. The van der Waals surface area contributed by atoms with Crippen molar-refractivity contribution < 1.29 is 9.53 Å². The molecule has 0 radical (unpaired) electrons. The third-order valence-corrected chi connectivity index (χ3v) is 5.62. The second-order valence-corrected chi connectivity index (χ2v) is 8.08. The predicted molar refractivity (Wildman–Crippen MR) is 146 cm³/mol. The summed E-state index contributed by atoms with van der Waals surface area (Å²) in [4.78, 5) is 19.2. The molecule has 0 aromatic heterocycles. The third kappa shape index (κ3) is 8.87. The number of likely N-dealkylation sites (tertiary alicyclic amines) is 1. The Bertz CT molecular complexity index is 876. The van der Waals surface area contributed by atoms with Crippen molar-refractivity contribution in [2.45, 2.75) is 33.1 Å². The van der Waals surface area contributed by atoms with Gasteiger partial charge in [-0.3, -0.25) is 9.79 Å². The van der Waals surface area contributed by atoms with Gasteiger partial charge in [0, 0.05) is 45.1 Å². The lowest BCUT2D eigenvalue weighted by molar-refractivity contribution is -0.127. The first kappa shape index (κ1) is 27.0. The minimum atomic E-state index is 0. The zero-order valence-corrected chi connectivity index (χ0v) is 22.1. The third-order valence-electron chi connectivity index (χ3n) is 5.62. The second kappa shape index (κ2) is 14.8. The van der Waals surface area contributed by atoms with E-state index in [1.165, 1.54) is 11.1 Å². The van der Waals surface area contributed by atoms with E-state index in [2.05, 4.69) is 35.8 Å². The Balaban J connectivity index is 0.00000385. The van der Waals surface area contributed by atoms with E-state index in [1.54, 1.807) is 0 Å². The molecule has 180 valence electrons. The fraction of sp³-hybridized carbons (Fsp3) is 0.462. The van der Waals surface area contributed by atoms with E-state index in [1.807, 2.05) is 48.2 Å². The maximum atomic E-state index is 12.4. The van der Waals surface area contributed by atoms with Crippen molar-refractivity contribution in [3.05, 3.63) is 65.7 Å². The number of hydrogen-bond donors (Lipinski definition) is 2. The number of carbonyl (C=O) groups excluding carboxylic acids is 1. The van der Waals surface area contributed by atoms with Crippen LogP contribution >= 0.6 is 24.0 Å². The first-order valence-corrected chi connectivity index (χ1v) is 11.7. The van der Waals surface area contributed by atoms with Gasteiger partial charge >= 0.3 is 0 Å². The molecule has 0 bridgehead atoms. The number of carbonyl (C=O) groups is 1. The van der Waals surface area contributed by atoms with Crippen LogP contribution in [-0.2, 0) is 17.6 Å². The van der Waals surface area contributed by atoms with Gasteiger partial charge in [-0.2, -0.15) is 0 Å². The van der Waals surface area contributed by atoms with Gasteiger partial charge in [0.2, 0.25) is 5.91 Å². The molecule has 2 aromatic carbocycles. The highest BCUT2D eigenvalue weighted by atomic mass is 127. The molecule has 2 N–H and O–H groups in total. The summed E-state index contributed by atoms with van der Waals surface area (Å²) in [6.07, 6.45) is 2.34. The number of amides is 1. The molecule has 3 rings (SSSR count). The van der Waals surface area contributed by atoms with Gasteiger partial charge in [-0.25, -0.2) is 0 Å². The summed E-state index contributed by atoms with van der Waals surface area (Å²) in [6, 6.07) is 18.5. The average molecular weight is 565 g/mol. The van der Waals surface area contributed by atoms with E-state index in [4.69, 9.17) is 9.73 Å². The number of ether oxygens (including phenoxy) is 1. The van der Waals surface area contributed by atoms with Crippen molar-refractivity contribution in [2.24, 2.45) is 10.9 Å². The second-order valence-electron chi connectivity index (χ2n) is 8.08. The van der Waals surface area contributed by atoms with Crippen LogP contribution in [-0.4, -0.2) is 56.1 Å². The van der Waals surface area contributed by atoms with Crippen molar-refractivity contribution in [1.29, 1.82) is 0 Å². The number of para-hydroxylation sites is 1. The quantitative estimate of drug-likeness (QED) is 0.247. The van der Waals surface area contributed by atoms with Gasteiger partial charge in [0.1, 0.15) is 5.75 Å². The molecule has 1 atom stereocenters. The highest BCUT2D eigenvalue weighted by Crippen LogP contribution is 2.19. The van der Waals surface area contributed by atoms with Crippen LogP contribution in [0.25, 0.3) is 0 Å². The molecular formula is C26H37IN4O2. The van der Waals surface area contributed by atoms with Crippen molar-refractivity contribution in [2.75, 3.05) is 39.3 Å². The minimum absolute atomic E-state index is 0. The normalized spacial score (nSPS) is 15.8. The molecule has 1 saturated heterocycles. The first-order valence-electron chi connectivity index (χ1n) is 11.7. The molecule has 1 unspecified atom stereocenters. The summed E-state index contributed by atoms with van der Waals surface area (Å²) >= 11 is 0. The molecule has 0 saturated carbocycles. The molecule has 6 nitrogen and oxygen atoms in total. The van der Waals surface area contributed by atoms with Crippen molar-refractivity contribution in [1.82, 2.24) is 15.5 Å². The Morgan fingerprint density at radius 3 is 2.58 bits per heavy atom. The Hall–Kier alpha value is -2.29. The number of nitrogens with zero attached hydrogens (tertiary/aromatic N) is 2. The largest absolute Gasteiger partial charge is 0.494 e. The smallest absolute Gasteiger partial charge is 0.223 e. The number of guanidine groups is 1. The lowest BCUT2D eigenvalue weighted by atomic mass is 10.1. The Kier molecular flexibility index (Phi) is 12.1. The number of hydrogen-bond acceptors (Lipinski definition) is 3. The molecule has 2 aromatic rings. The molecule has 1 aliphatic rings. The molecule has 0 aliphatic carbocycles. The summed E-state index contributed by atoms with van der Waals surface area (Å²) in [5.74, 6) is 2.26. The first-order chi connectivity index (χ1) is 15.7. The number of aliphatic imine (C=N–C) groups is 1. The van der Waals surface area contributed by atoms with Crippen molar-refractivity contribution in [3.63, 3.8) is 0 Å². The van der Waals surface area contributed by atoms with E-state index >= 15 is 0 Å². The van der Waals surface area contributed by atoms with Gasteiger partial charge in [-0.1, -0.05) is 48.5 Å². The summed E-state index contributed by atoms with van der Waals surface area (Å²) in [6.45, 7) is 8.51.